The van der Waals surface area contributed by atoms with Crippen molar-refractivity contribution in [1.29, 1.82) is 0 Å². The highest BCUT2D eigenvalue weighted by Gasteiger charge is 2.38. The third-order valence-corrected chi connectivity index (χ3v) is 13.5. The molecule has 0 N–H and O–H groups in total. The Kier molecular flexibility index (Phi) is 9.04. The Labute approximate surface area is 270 Å². The average molecular weight is 658 g/mol. The van der Waals surface area contributed by atoms with Crippen LogP contribution < -0.4 is 15.9 Å². The second-order valence-corrected chi connectivity index (χ2v) is 15.2. The van der Waals surface area contributed by atoms with Gasteiger partial charge < -0.3 is 0 Å². The fraction of sp³-hybridized carbons (Fsp3) is 0.0286. The molecule has 5 aromatic carbocycles. The number of benzene rings is 5. The molecule has 212 valence electrons. The SMILES string of the molecule is O=C1N=C(c2ccc(Cl)cc2Cl)N=C(SCc2ccccc2Cl)C1=P(c1ccccc1)(c1ccccc1)c1ccccc1. The predicted molar refractivity (Wildman–Crippen MR) is 188 cm³/mol. The lowest BCUT2D eigenvalue weighted by atomic mass is 10.2. The molecule has 3 nitrogen and oxygen atoms in total. The van der Waals surface area contributed by atoms with Crippen molar-refractivity contribution in [2.24, 2.45) is 9.98 Å². The van der Waals surface area contributed by atoms with Gasteiger partial charge in [0.1, 0.15) is 5.04 Å². The largest absolute Gasteiger partial charge is 0.282 e. The Morgan fingerprint density at radius 2 is 1.14 bits per heavy atom. The van der Waals surface area contributed by atoms with Crippen LogP contribution >= 0.6 is 53.5 Å². The molecule has 0 radical (unpaired) electrons. The molecular weight excluding hydrogens is 634 g/mol. The zero-order valence-electron chi connectivity index (χ0n) is 22.7. The number of rotatable bonds is 6. The first kappa shape index (κ1) is 29.7. The summed E-state index contributed by atoms with van der Waals surface area (Å²) in [6.07, 6.45) is 0. The molecule has 0 fully saturated rings. The van der Waals surface area contributed by atoms with E-state index in [1.165, 1.54) is 11.8 Å². The Balaban J connectivity index is 1.70. The van der Waals surface area contributed by atoms with Gasteiger partial charge in [0.05, 0.1) is 10.3 Å². The molecule has 1 aliphatic rings. The van der Waals surface area contributed by atoms with Crippen molar-refractivity contribution in [3.8, 4) is 0 Å². The zero-order valence-corrected chi connectivity index (χ0v) is 26.7. The van der Waals surface area contributed by atoms with Crippen LogP contribution in [0.5, 0.6) is 0 Å². The summed E-state index contributed by atoms with van der Waals surface area (Å²) in [6.45, 7) is -2.79. The van der Waals surface area contributed by atoms with Crippen molar-refractivity contribution in [2.45, 2.75) is 5.75 Å². The van der Waals surface area contributed by atoms with Crippen molar-refractivity contribution in [2.75, 3.05) is 0 Å². The van der Waals surface area contributed by atoms with E-state index in [4.69, 9.17) is 39.8 Å². The highest BCUT2D eigenvalue weighted by Crippen LogP contribution is 2.48. The van der Waals surface area contributed by atoms with Gasteiger partial charge in [0.2, 0.25) is 0 Å². The molecule has 0 aromatic heterocycles. The fourth-order valence-corrected chi connectivity index (χ4v) is 11.6. The minimum atomic E-state index is -2.79. The third-order valence-electron chi connectivity index (χ3n) is 7.08. The van der Waals surface area contributed by atoms with Gasteiger partial charge >= 0.3 is 0 Å². The minimum absolute atomic E-state index is 0.254. The number of aliphatic imine (C=N–C) groups is 2. The summed E-state index contributed by atoms with van der Waals surface area (Å²) in [5.41, 5.74) is 1.48. The first-order chi connectivity index (χ1) is 21.0. The van der Waals surface area contributed by atoms with Gasteiger partial charge in [0.15, 0.2) is 5.84 Å². The van der Waals surface area contributed by atoms with E-state index in [1.807, 2.05) is 78.9 Å². The number of hydrogen-bond donors (Lipinski definition) is 0. The lowest BCUT2D eigenvalue weighted by molar-refractivity contribution is -0.111. The second kappa shape index (κ2) is 13.1. The average Bonchev–Trinajstić information content (AvgIpc) is 3.03. The summed E-state index contributed by atoms with van der Waals surface area (Å²) in [6, 6.07) is 43.4. The van der Waals surface area contributed by atoms with Crippen LogP contribution in [-0.4, -0.2) is 22.1 Å². The third kappa shape index (κ3) is 5.91. The van der Waals surface area contributed by atoms with E-state index >= 15 is 0 Å². The van der Waals surface area contributed by atoms with E-state index in [1.54, 1.807) is 18.2 Å². The molecule has 1 heterocycles. The van der Waals surface area contributed by atoms with E-state index < -0.39 is 6.89 Å². The van der Waals surface area contributed by atoms with E-state index in [9.17, 15) is 4.79 Å². The van der Waals surface area contributed by atoms with Gasteiger partial charge in [-0.05, 0) is 52.6 Å². The zero-order chi connectivity index (χ0) is 29.8. The van der Waals surface area contributed by atoms with Crippen molar-refractivity contribution in [1.82, 2.24) is 0 Å². The topological polar surface area (TPSA) is 41.8 Å². The minimum Gasteiger partial charge on any atom is -0.267 e. The fourth-order valence-electron chi connectivity index (χ4n) is 5.14. The van der Waals surface area contributed by atoms with Crippen molar-refractivity contribution >= 4 is 91.4 Å². The van der Waals surface area contributed by atoms with E-state index in [-0.39, 0.29) is 11.7 Å². The standard InChI is InChI=1S/C35H24Cl3N2OPS/c36-25-20-21-29(31(38)22-25)33-39-34(41)32(35(40-33)43-23-24-12-10-11-19-30(24)37)42(26-13-4-1-5-14-26,27-15-6-2-7-16-27)28-17-8-3-9-18-28/h1-22H,23H2. The van der Waals surface area contributed by atoms with Crippen LogP contribution in [0.25, 0.3) is 0 Å². The molecule has 6 rings (SSSR count). The Morgan fingerprint density at radius 3 is 1.67 bits per heavy atom. The number of amidine groups is 1. The van der Waals surface area contributed by atoms with Gasteiger partial charge in [0.25, 0.3) is 5.91 Å². The first-order valence-electron chi connectivity index (χ1n) is 13.5. The molecule has 43 heavy (non-hydrogen) atoms. The van der Waals surface area contributed by atoms with Gasteiger partial charge in [-0.2, -0.15) is 4.99 Å². The Bertz CT molecular complexity index is 1820. The summed E-state index contributed by atoms with van der Waals surface area (Å²) in [4.78, 5) is 24.3. The summed E-state index contributed by atoms with van der Waals surface area (Å²) in [5.74, 6) is 0.418. The predicted octanol–water partition coefficient (Wildman–Crippen LogP) is 8.43. The van der Waals surface area contributed by atoms with Gasteiger partial charge in [-0.3, -0.25) is 4.79 Å². The lowest BCUT2D eigenvalue weighted by Crippen LogP contribution is -2.38. The summed E-state index contributed by atoms with van der Waals surface area (Å²) in [7, 11) is 0. The van der Waals surface area contributed by atoms with Crippen molar-refractivity contribution < 1.29 is 4.79 Å². The van der Waals surface area contributed by atoms with Gasteiger partial charge in [0, 0.05) is 21.4 Å². The number of hydrogen-bond acceptors (Lipinski definition) is 3. The molecule has 0 aliphatic carbocycles. The number of nitrogens with zero attached hydrogens (tertiary/aromatic N) is 2. The quantitative estimate of drug-likeness (QED) is 0.172. The van der Waals surface area contributed by atoms with Gasteiger partial charge in [-0.25, -0.2) is 4.99 Å². The summed E-state index contributed by atoms with van der Waals surface area (Å²) >= 11 is 20.8. The van der Waals surface area contributed by atoms with Crippen LogP contribution in [0.1, 0.15) is 11.1 Å². The van der Waals surface area contributed by atoms with Crippen LogP contribution in [-0.2, 0) is 10.5 Å². The maximum Gasteiger partial charge on any atom is 0.282 e. The Hall–Kier alpha value is -3.37. The molecule has 0 atom stereocenters. The number of thioether (sulfide) groups is 1. The number of amides is 1. The molecule has 0 saturated heterocycles. The first-order valence-corrected chi connectivity index (χ1v) is 17.4. The molecule has 8 heteroatoms. The molecule has 5 aromatic rings. The molecule has 0 bridgehead atoms. The highest BCUT2D eigenvalue weighted by atomic mass is 35.5. The summed E-state index contributed by atoms with van der Waals surface area (Å²) in [5, 5.41) is 5.78. The maximum absolute atomic E-state index is 14.6. The second-order valence-electron chi connectivity index (χ2n) is 9.69. The van der Waals surface area contributed by atoms with Crippen LogP contribution in [0.2, 0.25) is 15.1 Å². The number of halogens is 3. The number of carbonyl (C=O) groups is 1. The van der Waals surface area contributed by atoms with E-state index in [0.717, 1.165) is 21.5 Å². The molecule has 1 amide bonds. The molecule has 0 spiro atoms. The lowest BCUT2D eigenvalue weighted by Gasteiger charge is -2.33. The number of carbonyl (C=O) groups excluding carboxylic acids is 1. The maximum atomic E-state index is 14.6. The molecule has 1 aliphatic heterocycles. The monoisotopic (exact) mass is 656 g/mol. The normalized spacial score (nSPS) is 13.5. The van der Waals surface area contributed by atoms with Crippen molar-refractivity contribution in [3.05, 3.63) is 160 Å². The highest BCUT2D eigenvalue weighted by molar-refractivity contribution is 8.18. The van der Waals surface area contributed by atoms with Crippen LogP contribution in [0.15, 0.2) is 143 Å². The molecule has 0 unspecified atom stereocenters. The smallest absolute Gasteiger partial charge is 0.267 e. The van der Waals surface area contributed by atoms with E-state index in [2.05, 4.69) is 41.4 Å². The van der Waals surface area contributed by atoms with Gasteiger partial charge in [-0.15, -0.1) is 11.8 Å². The van der Waals surface area contributed by atoms with Crippen LogP contribution in [0.3, 0.4) is 0 Å². The van der Waals surface area contributed by atoms with E-state index in [0.29, 0.717) is 36.7 Å². The van der Waals surface area contributed by atoms with Gasteiger partial charge in [-0.1, -0.05) is 144 Å². The molecular formula is C35H24Cl3N2OPS. The van der Waals surface area contributed by atoms with Crippen LogP contribution in [0, 0.1) is 0 Å². The Morgan fingerprint density at radius 1 is 0.605 bits per heavy atom. The summed E-state index contributed by atoms with van der Waals surface area (Å²) < 4.78 is 0. The molecule has 0 saturated carbocycles. The van der Waals surface area contributed by atoms with Crippen molar-refractivity contribution in [3.63, 3.8) is 0 Å². The van der Waals surface area contributed by atoms with Crippen LogP contribution in [0.4, 0.5) is 0 Å².